The zero-order chi connectivity index (χ0) is 12.4. The first-order valence-electron chi connectivity index (χ1n) is 5.37. The molecule has 1 heterocycles. The minimum Gasteiger partial charge on any atom is -0.341 e. The number of H-pyrrole nitrogens is 1. The third-order valence-corrected chi connectivity index (χ3v) is 3.26. The van der Waals surface area contributed by atoms with E-state index in [1.165, 1.54) is 12.1 Å². The lowest BCUT2D eigenvalue weighted by Gasteiger charge is -2.04. The third kappa shape index (κ3) is 2.56. The Balaban J connectivity index is 2.37. The van der Waals surface area contributed by atoms with E-state index in [1.807, 2.05) is 6.92 Å². The van der Waals surface area contributed by atoms with Crippen molar-refractivity contribution in [2.75, 3.05) is 0 Å². The molecule has 0 bridgehead atoms. The average Bonchev–Trinajstić information content (AvgIpc) is 2.77. The van der Waals surface area contributed by atoms with Crippen LogP contribution < -0.4 is 5.73 Å². The van der Waals surface area contributed by atoms with Gasteiger partial charge in [-0.1, -0.05) is 6.92 Å². The van der Waals surface area contributed by atoms with Gasteiger partial charge in [-0.15, -0.1) is 0 Å². The highest BCUT2D eigenvalue weighted by Gasteiger charge is 2.11. The van der Waals surface area contributed by atoms with Gasteiger partial charge < -0.3 is 10.7 Å². The van der Waals surface area contributed by atoms with E-state index >= 15 is 0 Å². The molecule has 0 spiro atoms. The highest BCUT2D eigenvalue weighted by atomic mass is 79.9. The summed E-state index contributed by atoms with van der Waals surface area (Å²) >= 11 is 3.33. The Morgan fingerprint density at radius 3 is 2.94 bits per heavy atom. The molecule has 2 rings (SSSR count). The molecular formula is C12H13BrFN3. The maximum atomic E-state index is 13.0. The maximum absolute atomic E-state index is 13.0. The molecule has 5 heteroatoms. The number of imidazole rings is 1. The van der Waals surface area contributed by atoms with Crippen molar-refractivity contribution in [3.05, 3.63) is 40.5 Å². The lowest BCUT2D eigenvalue weighted by atomic mass is 10.2. The zero-order valence-electron chi connectivity index (χ0n) is 9.37. The molecular weight excluding hydrogens is 285 g/mol. The molecule has 1 aromatic heterocycles. The van der Waals surface area contributed by atoms with E-state index in [0.29, 0.717) is 4.47 Å². The molecule has 3 nitrogen and oxygen atoms in total. The highest BCUT2D eigenvalue weighted by Crippen LogP contribution is 2.28. The van der Waals surface area contributed by atoms with Gasteiger partial charge in [-0.25, -0.2) is 9.37 Å². The fourth-order valence-electron chi connectivity index (χ4n) is 1.56. The first kappa shape index (κ1) is 12.3. The van der Waals surface area contributed by atoms with Crippen LogP contribution in [0.15, 0.2) is 28.9 Å². The monoisotopic (exact) mass is 297 g/mol. The molecule has 0 aliphatic heterocycles. The number of nitrogens with two attached hydrogens (primary N) is 1. The molecule has 0 saturated heterocycles. The number of nitrogens with zero attached hydrogens (tertiary/aromatic N) is 1. The van der Waals surface area contributed by atoms with Crippen LogP contribution in [0.5, 0.6) is 0 Å². The molecule has 0 aliphatic carbocycles. The molecule has 1 unspecified atom stereocenters. The second-order valence-electron chi connectivity index (χ2n) is 3.82. The average molecular weight is 298 g/mol. The summed E-state index contributed by atoms with van der Waals surface area (Å²) in [7, 11) is 0. The first-order chi connectivity index (χ1) is 8.11. The van der Waals surface area contributed by atoms with E-state index in [4.69, 9.17) is 5.73 Å². The van der Waals surface area contributed by atoms with Crippen molar-refractivity contribution in [2.45, 2.75) is 19.4 Å². The van der Waals surface area contributed by atoms with Gasteiger partial charge in [-0.2, -0.15) is 0 Å². The Bertz CT molecular complexity index is 524. The number of aromatic amines is 1. The molecule has 0 aliphatic rings. The van der Waals surface area contributed by atoms with Gasteiger partial charge in [0.1, 0.15) is 11.6 Å². The van der Waals surface area contributed by atoms with Crippen molar-refractivity contribution in [1.29, 1.82) is 0 Å². The number of hydrogen-bond acceptors (Lipinski definition) is 2. The summed E-state index contributed by atoms with van der Waals surface area (Å²) in [4.78, 5) is 7.38. The van der Waals surface area contributed by atoms with Crippen LogP contribution in [0.1, 0.15) is 25.2 Å². The quantitative estimate of drug-likeness (QED) is 0.912. The largest absolute Gasteiger partial charge is 0.341 e. The number of benzene rings is 1. The fraction of sp³-hybridized carbons (Fsp3) is 0.250. The molecule has 3 N–H and O–H groups in total. The number of halogens is 2. The van der Waals surface area contributed by atoms with Gasteiger partial charge in [0, 0.05) is 10.0 Å². The third-order valence-electron chi connectivity index (χ3n) is 2.61. The Morgan fingerprint density at radius 1 is 1.53 bits per heavy atom. The summed E-state index contributed by atoms with van der Waals surface area (Å²) in [6, 6.07) is 4.45. The van der Waals surface area contributed by atoms with Gasteiger partial charge in [0.2, 0.25) is 0 Å². The summed E-state index contributed by atoms with van der Waals surface area (Å²) in [5, 5.41) is 0. The van der Waals surface area contributed by atoms with Crippen LogP contribution in [0.25, 0.3) is 11.3 Å². The Kier molecular flexibility index (Phi) is 3.59. The van der Waals surface area contributed by atoms with Crippen LogP contribution in [0.3, 0.4) is 0 Å². The van der Waals surface area contributed by atoms with E-state index in [9.17, 15) is 4.39 Å². The Hall–Kier alpha value is -1.20. The van der Waals surface area contributed by atoms with Crippen LogP contribution >= 0.6 is 15.9 Å². The van der Waals surface area contributed by atoms with E-state index in [0.717, 1.165) is 23.5 Å². The van der Waals surface area contributed by atoms with Crippen LogP contribution in [-0.2, 0) is 0 Å². The molecule has 0 radical (unpaired) electrons. The smallest absolute Gasteiger partial charge is 0.124 e. The first-order valence-corrected chi connectivity index (χ1v) is 6.17. The lowest BCUT2D eigenvalue weighted by molar-refractivity contribution is 0.627. The summed E-state index contributed by atoms with van der Waals surface area (Å²) in [5.74, 6) is 0.476. The summed E-state index contributed by atoms with van der Waals surface area (Å²) < 4.78 is 13.7. The van der Waals surface area contributed by atoms with Crippen molar-refractivity contribution in [3.63, 3.8) is 0 Å². The molecule has 2 aromatic rings. The fourth-order valence-corrected chi connectivity index (χ4v) is 2.13. The maximum Gasteiger partial charge on any atom is 0.124 e. The predicted molar refractivity (Wildman–Crippen MR) is 68.9 cm³/mol. The topological polar surface area (TPSA) is 54.7 Å². The van der Waals surface area contributed by atoms with Crippen LogP contribution in [0.4, 0.5) is 4.39 Å². The van der Waals surface area contributed by atoms with Crippen molar-refractivity contribution in [1.82, 2.24) is 9.97 Å². The van der Waals surface area contributed by atoms with Crippen LogP contribution in [-0.4, -0.2) is 9.97 Å². The van der Waals surface area contributed by atoms with Crippen molar-refractivity contribution in [2.24, 2.45) is 5.73 Å². The molecule has 0 fully saturated rings. The molecule has 17 heavy (non-hydrogen) atoms. The summed E-state index contributed by atoms with van der Waals surface area (Å²) in [6.45, 7) is 2.00. The van der Waals surface area contributed by atoms with Gasteiger partial charge in [0.15, 0.2) is 0 Å². The predicted octanol–water partition coefficient (Wildman–Crippen LogP) is 3.39. The number of nitrogens with one attached hydrogen (secondary N) is 1. The Labute approximate surface area is 107 Å². The lowest BCUT2D eigenvalue weighted by Crippen LogP contribution is -2.10. The second kappa shape index (κ2) is 4.98. The van der Waals surface area contributed by atoms with Gasteiger partial charge in [-0.05, 0) is 40.5 Å². The normalized spacial score (nSPS) is 12.7. The minimum absolute atomic E-state index is 0.0945. The zero-order valence-corrected chi connectivity index (χ0v) is 11.0. The Morgan fingerprint density at radius 2 is 2.29 bits per heavy atom. The molecule has 0 amide bonds. The summed E-state index contributed by atoms with van der Waals surface area (Å²) in [6.07, 6.45) is 2.53. The number of aromatic nitrogens is 2. The van der Waals surface area contributed by atoms with Gasteiger partial charge in [0.25, 0.3) is 0 Å². The molecule has 1 atom stereocenters. The van der Waals surface area contributed by atoms with Crippen molar-refractivity contribution >= 4 is 15.9 Å². The SMILES string of the molecule is CCC(N)c1ncc(-c2ccc(F)cc2Br)[nH]1. The molecule has 90 valence electrons. The van der Waals surface area contributed by atoms with Crippen molar-refractivity contribution < 1.29 is 4.39 Å². The van der Waals surface area contributed by atoms with Crippen LogP contribution in [0, 0.1) is 5.82 Å². The highest BCUT2D eigenvalue weighted by molar-refractivity contribution is 9.10. The number of rotatable bonds is 3. The van der Waals surface area contributed by atoms with E-state index in [1.54, 1.807) is 12.3 Å². The van der Waals surface area contributed by atoms with Crippen LogP contribution in [0.2, 0.25) is 0 Å². The van der Waals surface area contributed by atoms with E-state index < -0.39 is 0 Å². The van der Waals surface area contributed by atoms with E-state index in [2.05, 4.69) is 25.9 Å². The van der Waals surface area contributed by atoms with Gasteiger partial charge in [0.05, 0.1) is 17.9 Å². The molecule has 0 saturated carbocycles. The summed E-state index contributed by atoms with van der Waals surface area (Å²) in [5.41, 5.74) is 7.58. The van der Waals surface area contributed by atoms with Crippen molar-refractivity contribution in [3.8, 4) is 11.3 Å². The molecule has 1 aromatic carbocycles. The van der Waals surface area contributed by atoms with Gasteiger partial charge >= 0.3 is 0 Å². The minimum atomic E-state index is -0.273. The second-order valence-corrected chi connectivity index (χ2v) is 4.68. The standard InChI is InChI=1S/C12H13BrFN3/c1-2-10(15)12-16-6-11(17-12)8-4-3-7(14)5-9(8)13/h3-6,10H,2,15H2,1H3,(H,16,17). The van der Waals surface area contributed by atoms with E-state index in [-0.39, 0.29) is 11.9 Å². The number of hydrogen-bond donors (Lipinski definition) is 2. The van der Waals surface area contributed by atoms with Gasteiger partial charge in [-0.3, -0.25) is 0 Å².